The first kappa shape index (κ1) is 20.7. The first-order chi connectivity index (χ1) is 14.9. The molecule has 3 fully saturated rings. The highest BCUT2D eigenvalue weighted by Gasteiger charge is 2.63. The lowest BCUT2D eigenvalue weighted by molar-refractivity contribution is -0.143. The molecule has 7 heteroatoms. The summed E-state index contributed by atoms with van der Waals surface area (Å²) >= 11 is 9.59. The summed E-state index contributed by atoms with van der Waals surface area (Å²) < 4.78 is 0.742. The van der Waals surface area contributed by atoms with E-state index in [1.54, 1.807) is 19.1 Å². The Morgan fingerprint density at radius 3 is 2.55 bits per heavy atom. The van der Waals surface area contributed by atoms with Crippen molar-refractivity contribution in [2.24, 2.45) is 23.7 Å². The van der Waals surface area contributed by atoms with E-state index in [0.29, 0.717) is 16.6 Å². The highest BCUT2D eigenvalue weighted by molar-refractivity contribution is 9.10. The molecule has 0 unspecified atom stereocenters. The van der Waals surface area contributed by atoms with Crippen molar-refractivity contribution < 1.29 is 14.4 Å². The average molecular weight is 502 g/mol. The van der Waals surface area contributed by atoms with E-state index in [4.69, 9.17) is 11.6 Å². The maximum absolute atomic E-state index is 13.2. The number of anilines is 1. The molecule has 160 valence electrons. The number of benzene rings is 2. The molecule has 5 nitrogen and oxygen atoms in total. The van der Waals surface area contributed by atoms with Gasteiger partial charge in [-0.3, -0.25) is 19.3 Å². The zero-order chi connectivity index (χ0) is 21.9. The number of hydrogen-bond acceptors (Lipinski definition) is 3. The second kappa shape index (κ2) is 7.75. The van der Waals surface area contributed by atoms with Crippen LogP contribution in [0.3, 0.4) is 0 Å². The fraction of sp³-hybridized carbons (Fsp3) is 0.375. The predicted octanol–water partition coefficient (Wildman–Crippen LogP) is 4.77. The topological polar surface area (TPSA) is 66.5 Å². The molecule has 3 aliphatic rings. The van der Waals surface area contributed by atoms with Gasteiger partial charge in [0.05, 0.1) is 16.9 Å². The quantitative estimate of drug-likeness (QED) is 0.614. The Hall–Kier alpha value is -2.18. The summed E-state index contributed by atoms with van der Waals surface area (Å²) in [5.41, 5.74) is 2.54. The van der Waals surface area contributed by atoms with E-state index in [1.807, 2.05) is 18.2 Å². The van der Waals surface area contributed by atoms with E-state index >= 15 is 0 Å². The molecule has 2 bridgehead atoms. The number of nitrogens with zero attached hydrogens (tertiary/aromatic N) is 1. The monoisotopic (exact) mass is 500 g/mol. The number of nitrogens with one attached hydrogen (secondary N) is 1. The van der Waals surface area contributed by atoms with Gasteiger partial charge in [-0.1, -0.05) is 41.9 Å². The Morgan fingerprint density at radius 1 is 1.10 bits per heavy atom. The van der Waals surface area contributed by atoms with Crippen molar-refractivity contribution in [3.63, 3.8) is 0 Å². The molecular formula is C24H22BrClN2O3. The van der Waals surface area contributed by atoms with Crippen molar-refractivity contribution in [2.45, 2.75) is 25.7 Å². The van der Waals surface area contributed by atoms with Crippen LogP contribution in [0.25, 0.3) is 0 Å². The van der Waals surface area contributed by atoms with Gasteiger partial charge < -0.3 is 5.32 Å². The largest absolute Gasteiger partial charge is 0.324 e. The molecule has 0 radical (unpaired) electrons. The Labute approximate surface area is 194 Å². The van der Waals surface area contributed by atoms with Gasteiger partial charge in [0.25, 0.3) is 0 Å². The minimum absolute atomic E-state index is 0.175. The number of carbonyl (C=O) groups excluding carboxylic acids is 3. The number of rotatable bonds is 4. The van der Waals surface area contributed by atoms with Gasteiger partial charge in [-0.2, -0.15) is 0 Å². The molecule has 2 saturated carbocycles. The normalized spacial score (nSPS) is 28.9. The van der Waals surface area contributed by atoms with Gasteiger partial charge in [0.2, 0.25) is 17.7 Å². The summed E-state index contributed by atoms with van der Waals surface area (Å²) in [5.74, 6) is -0.631. The molecule has 3 amide bonds. The van der Waals surface area contributed by atoms with Crippen molar-refractivity contribution in [1.82, 2.24) is 4.90 Å². The summed E-state index contributed by atoms with van der Waals surface area (Å²) in [6, 6.07) is 13.8. The molecular weight excluding hydrogens is 480 g/mol. The third-order valence-corrected chi connectivity index (χ3v) is 8.63. The van der Waals surface area contributed by atoms with Gasteiger partial charge in [0.1, 0.15) is 6.54 Å². The van der Waals surface area contributed by atoms with Crippen LogP contribution in [0.15, 0.2) is 46.9 Å². The molecule has 5 rings (SSSR count). The van der Waals surface area contributed by atoms with Gasteiger partial charge in [-0.25, -0.2) is 0 Å². The molecule has 2 aromatic rings. The SMILES string of the molecule is Cc1c(NC(=O)CN2C(=O)[C@@H]3[C@H]4C[C@@H]([C@@H]3C2=O)[C@H](c2ccccc2)C4)ccc(Br)c1Cl. The van der Waals surface area contributed by atoms with E-state index in [-0.39, 0.29) is 42.0 Å². The predicted molar refractivity (Wildman–Crippen MR) is 122 cm³/mol. The van der Waals surface area contributed by atoms with Crippen LogP contribution in [0.4, 0.5) is 5.69 Å². The van der Waals surface area contributed by atoms with Crippen molar-refractivity contribution in [3.8, 4) is 0 Å². The number of fused-ring (bicyclic) bond motifs is 5. The Balaban J connectivity index is 1.32. The van der Waals surface area contributed by atoms with E-state index in [1.165, 1.54) is 10.5 Å². The van der Waals surface area contributed by atoms with Crippen molar-refractivity contribution in [3.05, 3.63) is 63.1 Å². The standard InChI is InChI=1S/C24H22BrClN2O3/c1-12-18(8-7-17(25)22(12)26)27-19(29)11-28-23(30)20-14-9-15(13-5-3-2-4-6-13)16(10-14)21(20)24(28)31/h2-8,14-16,20-21H,9-11H2,1H3,(H,27,29)/t14-,15+,16-,20-,21+/m1/s1. The number of likely N-dealkylation sites (tertiary alicyclic amines) is 1. The minimum Gasteiger partial charge on any atom is -0.324 e. The number of hydrogen-bond donors (Lipinski definition) is 1. The first-order valence-electron chi connectivity index (χ1n) is 10.5. The second-order valence-electron chi connectivity index (χ2n) is 8.81. The second-order valence-corrected chi connectivity index (χ2v) is 10.0. The van der Waals surface area contributed by atoms with Crippen LogP contribution in [-0.2, 0) is 14.4 Å². The van der Waals surface area contributed by atoms with Gasteiger partial charge in [0, 0.05) is 10.2 Å². The average Bonchev–Trinajstić information content (AvgIpc) is 3.43. The summed E-state index contributed by atoms with van der Waals surface area (Å²) in [6.07, 6.45) is 1.86. The van der Waals surface area contributed by atoms with E-state index in [9.17, 15) is 14.4 Å². The number of carbonyl (C=O) groups is 3. The van der Waals surface area contributed by atoms with Crippen LogP contribution in [-0.4, -0.2) is 29.2 Å². The highest BCUT2D eigenvalue weighted by atomic mass is 79.9. The minimum atomic E-state index is -0.393. The lowest BCUT2D eigenvalue weighted by Crippen LogP contribution is -2.39. The van der Waals surface area contributed by atoms with E-state index < -0.39 is 5.91 Å². The van der Waals surface area contributed by atoms with Gasteiger partial charge in [-0.15, -0.1) is 0 Å². The van der Waals surface area contributed by atoms with Crippen LogP contribution in [0.2, 0.25) is 5.02 Å². The molecule has 1 saturated heterocycles. The molecule has 1 heterocycles. The van der Waals surface area contributed by atoms with Gasteiger partial charge >= 0.3 is 0 Å². The molecule has 0 spiro atoms. The third kappa shape index (κ3) is 3.31. The van der Waals surface area contributed by atoms with Crippen molar-refractivity contribution in [2.75, 3.05) is 11.9 Å². The molecule has 2 aromatic carbocycles. The van der Waals surface area contributed by atoms with Gasteiger partial charge in [0.15, 0.2) is 0 Å². The van der Waals surface area contributed by atoms with E-state index in [0.717, 1.165) is 22.9 Å². The highest BCUT2D eigenvalue weighted by Crippen LogP contribution is 2.61. The van der Waals surface area contributed by atoms with Crippen LogP contribution in [0.5, 0.6) is 0 Å². The Kier molecular flexibility index (Phi) is 5.18. The number of halogens is 2. The molecule has 5 atom stereocenters. The number of imide groups is 1. The zero-order valence-corrected chi connectivity index (χ0v) is 19.3. The summed E-state index contributed by atoms with van der Waals surface area (Å²) in [7, 11) is 0. The maximum atomic E-state index is 13.2. The third-order valence-electron chi connectivity index (χ3n) is 7.25. The summed E-state index contributed by atoms with van der Waals surface area (Å²) in [5, 5.41) is 3.31. The van der Waals surface area contributed by atoms with Crippen LogP contribution in [0.1, 0.15) is 29.9 Å². The lowest BCUT2D eigenvalue weighted by Gasteiger charge is -2.28. The first-order valence-corrected chi connectivity index (χ1v) is 11.7. The van der Waals surface area contributed by atoms with Crippen molar-refractivity contribution in [1.29, 1.82) is 0 Å². The fourth-order valence-corrected chi connectivity index (χ4v) is 6.48. The van der Waals surface area contributed by atoms with Crippen LogP contribution < -0.4 is 5.32 Å². The maximum Gasteiger partial charge on any atom is 0.244 e. The van der Waals surface area contributed by atoms with Crippen molar-refractivity contribution >= 4 is 50.9 Å². The Bertz CT molecular complexity index is 1090. The molecule has 1 aliphatic heterocycles. The fourth-order valence-electron chi connectivity index (χ4n) is 5.88. The van der Waals surface area contributed by atoms with Gasteiger partial charge in [-0.05, 0) is 76.7 Å². The number of amides is 3. The molecule has 2 aliphatic carbocycles. The lowest BCUT2D eigenvalue weighted by atomic mass is 9.73. The Morgan fingerprint density at radius 2 is 1.81 bits per heavy atom. The smallest absolute Gasteiger partial charge is 0.244 e. The van der Waals surface area contributed by atoms with Crippen LogP contribution >= 0.6 is 27.5 Å². The molecule has 0 aromatic heterocycles. The van der Waals surface area contributed by atoms with Crippen LogP contribution in [0, 0.1) is 30.6 Å². The zero-order valence-electron chi connectivity index (χ0n) is 17.0. The summed E-state index contributed by atoms with van der Waals surface area (Å²) in [6.45, 7) is 1.55. The van der Waals surface area contributed by atoms with E-state index in [2.05, 4.69) is 33.4 Å². The molecule has 31 heavy (non-hydrogen) atoms. The molecule has 1 N–H and O–H groups in total. The summed E-state index contributed by atoms with van der Waals surface area (Å²) in [4.78, 5) is 40.2.